The number of anilines is 1. The Morgan fingerprint density at radius 1 is 1.23 bits per heavy atom. The lowest BCUT2D eigenvalue weighted by Crippen LogP contribution is -2.38. The van der Waals surface area contributed by atoms with Gasteiger partial charge in [0.25, 0.3) is 0 Å². The highest BCUT2D eigenvalue weighted by Crippen LogP contribution is 2.18. The number of rotatable bonds is 4. The molecule has 1 aliphatic rings. The Labute approximate surface area is 154 Å². The monoisotopic (exact) mass is 382 g/mol. The third kappa shape index (κ3) is 6.01. The van der Waals surface area contributed by atoms with Crippen LogP contribution < -0.4 is 5.32 Å². The number of amides is 2. The van der Waals surface area contributed by atoms with Gasteiger partial charge in [-0.25, -0.2) is 13.2 Å². The maximum Gasteiger partial charge on any atom is 0.412 e. The SMILES string of the molecule is CN(C(=O)Cc1ccc(NC(=O)OC(C)(C)C)cc1)[C@H]1CCS(=O)(=O)C1. The Bertz CT molecular complexity index is 766. The average Bonchev–Trinajstić information content (AvgIpc) is 2.86. The lowest BCUT2D eigenvalue weighted by molar-refractivity contribution is -0.130. The third-order valence-corrected chi connectivity index (χ3v) is 5.85. The van der Waals surface area contributed by atoms with E-state index in [-0.39, 0.29) is 29.9 Å². The van der Waals surface area contributed by atoms with Crippen LogP contribution in [0.5, 0.6) is 0 Å². The highest BCUT2D eigenvalue weighted by molar-refractivity contribution is 7.91. The minimum Gasteiger partial charge on any atom is -0.444 e. The van der Waals surface area contributed by atoms with Crippen LogP contribution in [0.25, 0.3) is 0 Å². The first kappa shape index (κ1) is 20.2. The molecular formula is C18H26N2O5S. The van der Waals surface area contributed by atoms with Crippen molar-refractivity contribution in [1.29, 1.82) is 0 Å². The Morgan fingerprint density at radius 2 is 1.85 bits per heavy atom. The van der Waals surface area contributed by atoms with E-state index in [1.807, 2.05) is 0 Å². The molecule has 0 radical (unpaired) electrons. The molecule has 0 spiro atoms. The van der Waals surface area contributed by atoms with Crippen LogP contribution >= 0.6 is 0 Å². The van der Waals surface area contributed by atoms with Crippen LogP contribution in [0.15, 0.2) is 24.3 Å². The van der Waals surface area contributed by atoms with Crippen LogP contribution in [0.3, 0.4) is 0 Å². The van der Waals surface area contributed by atoms with Crippen LogP contribution in [-0.2, 0) is 25.8 Å². The molecular weight excluding hydrogens is 356 g/mol. The molecule has 1 N–H and O–H groups in total. The minimum absolute atomic E-state index is 0.0357. The number of sulfone groups is 1. The number of nitrogens with zero attached hydrogens (tertiary/aromatic N) is 1. The number of carbonyl (C=O) groups is 2. The summed E-state index contributed by atoms with van der Waals surface area (Å²) in [5.41, 5.74) is 0.789. The molecule has 0 saturated carbocycles. The van der Waals surface area contributed by atoms with Crippen molar-refractivity contribution >= 4 is 27.5 Å². The molecule has 0 bridgehead atoms. The van der Waals surface area contributed by atoms with Crippen molar-refractivity contribution in [3.05, 3.63) is 29.8 Å². The zero-order chi connectivity index (χ0) is 19.5. The smallest absolute Gasteiger partial charge is 0.412 e. The van der Waals surface area contributed by atoms with E-state index < -0.39 is 21.5 Å². The molecule has 26 heavy (non-hydrogen) atoms. The second-order valence-corrected chi connectivity index (χ2v) is 9.79. The predicted molar refractivity (Wildman–Crippen MR) is 99.8 cm³/mol. The topological polar surface area (TPSA) is 92.8 Å². The number of likely N-dealkylation sites (N-methyl/N-ethyl adjacent to an activating group) is 1. The van der Waals surface area contributed by atoms with E-state index in [9.17, 15) is 18.0 Å². The summed E-state index contributed by atoms with van der Waals surface area (Å²) in [6.45, 7) is 5.36. The zero-order valence-electron chi connectivity index (χ0n) is 15.6. The summed E-state index contributed by atoms with van der Waals surface area (Å²) in [4.78, 5) is 25.6. The van der Waals surface area contributed by atoms with Crippen LogP contribution in [0.4, 0.5) is 10.5 Å². The summed E-state index contributed by atoms with van der Waals surface area (Å²) < 4.78 is 28.3. The van der Waals surface area contributed by atoms with Crippen molar-refractivity contribution in [3.63, 3.8) is 0 Å². The Hall–Kier alpha value is -2.09. The van der Waals surface area contributed by atoms with Crippen LogP contribution in [0.2, 0.25) is 0 Å². The van der Waals surface area contributed by atoms with Crippen molar-refractivity contribution in [2.45, 2.75) is 45.3 Å². The van der Waals surface area contributed by atoms with Crippen molar-refractivity contribution in [2.75, 3.05) is 23.9 Å². The quantitative estimate of drug-likeness (QED) is 0.862. The molecule has 0 aromatic heterocycles. The van der Waals surface area contributed by atoms with E-state index in [0.717, 1.165) is 5.56 Å². The second-order valence-electron chi connectivity index (χ2n) is 7.56. The van der Waals surface area contributed by atoms with Gasteiger partial charge in [0.2, 0.25) is 5.91 Å². The molecule has 1 aromatic carbocycles. The maximum absolute atomic E-state index is 12.4. The standard InChI is InChI=1S/C18H26N2O5S/c1-18(2,3)25-17(22)19-14-7-5-13(6-8-14)11-16(21)20(4)15-9-10-26(23,24)12-15/h5-8,15H,9-12H2,1-4H3,(H,19,22)/t15-/m0/s1. The first-order valence-electron chi connectivity index (χ1n) is 8.50. The van der Waals surface area contributed by atoms with Gasteiger partial charge in [0, 0.05) is 18.8 Å². The highest BCUT2D eigenvalue weighted by atomic mass is 32.2. The van der Waals surface area contributed by atoms with Crippen molar-refractivity contribution in [3.8, 4) is 0 Å². The van der Waals surface area contributed by atoms with Gasteiger partial charge in [-0.2, -0.15) is 0 Å². The summed E-state index contributed by atoms with van der Waals surface area (Å²) in [6, 6.07) is 6.66. The first-order valence-corrected chi connectivity index (χ1v) is 10.3. The molecule has 1 aliphatic heterocycles. The fraction of sp³-hybridized carbons (Fsp3) is 0.556. The van der Waals surface area contributed by atoms with Gasteiger partial charge in [-0.3, -0.25) is 10.1 Å². The van der Waals surface area contributed by atoms with Gasteiger partial charge >= 0.3 is 6.09 Å². The fourth-order valence-electron chi connectivity index (χ4n) is 2.71. The summed E-state index contributed by atoms with van der Waals surface area (Å²) in [5.74, 6) is 0.0499. The van der Waals surface area contributed by atoms with E-state index in [1.165, 1.54) is 4.90 Å². The molecule has 1 fully saturated rings. The average molecular weight is 382 g/mol. The fourth-order valence-corrected chi connectivity index (χ4v) is 4.49. The maximum atomic E-state index is 12.4. The number of ether oxygens (including phenoxy) is 1. The second kappa shape index (κ2) is 7.65. The summed E-state index contributed by atoms with van der Waals surface area (Å²) in [7, 11) is -1.38. The number of benzene rings is 1. The van der Waals surface area contributed by atoms with Crippen LogP contribution in [-0.4, -0.2) is 55.5 Å². The van der Waals surface area contributed by atoms with Crippen LogP contribution in [0, 0.1) is 0 Å². The molecule has 1 heterocycles. The Balaban J connectivity index is 1.90. The molecule has 1 atom stereocenters. The molecule has 1 saturated heterocycles. The molecule has 144 valence electrons. The summed E-state index contributed by atoms with van der Waals surface area (Å²) in [6.07, 6.45) is 0.131. The normalized spacial score (nSPS) is 19.0. The Morgan fingerprint density at radius 3 is 2.35 bits per heavy atom. The van der Waals surface area contributed by atoms with Gasteiger partial charge in [0.1, 0.15) is 5.60 Å². The molecule has 2 rings (SSSR count). The van der Waals surface area contributed by atoms with E-state index >= 15 is 0 Å². The van der Waals surface area contributed by atoms with Gasteiger partial charge < -0.3 is 9.64 Å². The van der Waals surface area contributed by atoms with E-state index in [4.69, 9.17) is 4.74 Å². The molecule has 1 aromatic rings. The largest absolute Gasteiger partial charge is 0.444 e. The molecule has 7 nitrogen and oxygen atoms in total. The highest BCUT2D eigenvalue weighted by Gasteiger charge is 2.32. The van der Waals surface area contributed by atoms with E-state index in [2.05, 4.69) is 5.32 Å². The van der Waals surface area contributed by atoms with Crippen LogP contribution in [0.1, 0.15) is 32.8 Å². The van der Waals surface area contributed by atoms with Crippen molar-refractivity contribution in [2.24, 2.45) is 0 Å². The molecule has 8 heteroatoms. The minimum atomic E-state index is -3.02. The van der Waals surface area contributed by atoms with E-state index in [1.54, 1.807) is 52.1 Å². The molecule has 2 amide bonds. The predicted octanol–water partition coefficient (Wildman–Crippen LogP) is 2.22. The summed E-state index contributed by atoms with van der Waals surface area (Å²) >= 11 is 0. The van der Waals surface area contributed by atoms with Gasteiger partial charge in [-0.05, 0) is 44.9 Å². The number of hydrogen-bond acceptors (Lipinski definition) is 5. The third-order valence-electron chi connectivity index (χ3n) is 4.10. The van der Waals surface area contributed by atoms with Gasteiger partial charge in [-0.15, -0.1) is 0 Å². The summed E-state index contributed by atoms with van der Waals surface area (Å²) in [5, 5.41) is 2.63. The van der Waals surface area contributed by atoms with Crippen molar-refractivity contribution in [1.82, 2.24) is 4.90 Å². The molecule has 0 aliphatic carbocycles. The number of carbonyl (C=O) groups excluding carboxylic acids is 2. The number of hydrogen-bond donors (Lipinski definition) is 1. The first-order chi connectivity index (χ1) is 12.0. The molecule has 0 unspecified atom stereocenters. The van der Waals surface area contributed by atoms with Gasteiger partial charge in [0.15, 0.2) is 9.84 Å². The van der Waals surface area contributed by atoms with Gasteiger partial charge in [-0.1, -0.05) is 12.1 Å². The van der Waals surface area contributed by atoms with Gasteiger partial charge in [0.05, 0.1) is 17.9 Å². The number of nitrogens with one attached hydrogen (secondary N) is 1. The van der Waals surface area contributed by atoms with Crippen molar-refractivity contribution < 1.29 is 22.7 Å². The Kier molecular flexibility index (Phi) is 5.95. The lowest BCUT2D eigenvalue weighted by atomic mass is 10.1. The van der Waals surface area contributed by atoms with E-state index in [0.29, 0.717) is 12.1 Å². The lowest BCUT2D eigenvalue weighted by Gasteiger charge is -2.23. The zero-order valence-corrected chi connectivity index (χ0v) is 16.4.